The van der Waals surface area contributed by atoms with Crippen LogP contribution in [0.1, 0.15) is 129 Å². The number of unbranched alkanes of at least 4 members (excludes halogenated alkanes) is 16. The van der Waals surface area contributed by atoms with E-state index in [0.29, 0.717) is 6.42 Å². The molecule has 0 rings (SSSR count). The first-order chi connectivity index (χ1) is 16.8. The van der Waals surface area contributed by atoms with Gasteiger partial charge in [0.15, 0.2) is 5.25 Å². The van der Waals surface area contributed by atoms with Crippen molar-refractivity contribution in [1.29, 1.82) is 0 Å². The number of carbonyl (C=O) groups is 2. The van der Waals surface area contributed by atoms with E-state index in [1.54, 1.807) is 19.1 Å². The summed E-state index contributed by atoms with van der Waals surface area (Å²) < 4.78 is 43.8. The Balaban J connectivity index is 0. The summed E-state index contributed by atoms with van der Waals surface area (Å²) in [5.41, 5.74) is 0. The van der Waals surface area contributed by atoms with E-state index >= 15 is 0 Å². The molecule has 0 aromatic heterocycles. The molecule has 0 heterocycles. The van der Waals surface area contributed by atoms with Gasteiger partial charge < -0.3 is 14.0 Å². The van der Waals surface area contributed by atoms with Crippen LogP contribution in [0, 0.1) is 0 Å². The molecule has 0 fully saturated rings. The van der Waals surface area contributed by atoms with Gasteiger partial charge in [0.1, 0.15) is 16.7 Å². The minimum Gasteiger partial charge on any atom is -0.747 e. The third kappa shape index (κ3) is 24.0. The van der Waals surface area contributed by atoms with E-state index < -0.39 is 33.7 Å². The maximum Gasteiger partial charge on any atom is 1.00 e. The monoisotopic (exact) mass is 540 g/mol. The topological polar surface area (TPSA) is 110 Å². The third-order valence-electron chi connectivity index (χ3n) is 6.03. The molecule has 0 N–H and O–H groups in total. The van der Waals surface area contributed by atoms with Gasteiger partial charge in [-0.3, -0.25) is 9.59 Å². The quantitative estimate of drug-likeness (QED) is 0.0605. The van der Waals surface area contributed by atoms with E-state index in [2.05, 4.69) is 6.92 Å². The van der Waals surface area contributed by atoms with Crippen LogP contribution in [0.25, 0.3) is 0 Å². The molecule has 0 saturated heterocycles. The van der Waals surface area contributed by atoms with Crippen molar-refractivity contribution in [3.8, 4) is 0 Å². The van der Waals surface area contributed by atoms with Crippen LogP contribution in [0.3, 0.4) is 0 Å². The van der Waals surface area contributed by atoms with Crippen molar-refractivity contribution >= 4 is 22.1 Å². The van der Waals surface area contributed by atoms with E-state index in [-0.39, 0.29) is 42.8 Å². The SMILES string of the molecule is C/C=C/COC(=O)CC(C(=O)OCCCCCCCCCCCCCCCCCCC)S(=O)(=O)[O-].[Na+]. The summed E-state index contributed by atoms with van der Waals surface area (Å²) in [5, 5.41) is -2.06. The Morgan fingerprint density at radius 1 is 0.750 bits per heavy atom. The van der Waals surface area contributed by atoms with Crippen LogP contribution in [0.4, 0.5) is 0 Å². The number of rotatable bonds is 24. The molecule has 0 aromatic carbocycles. The van der Waals surface area contributed by atoms with E-state index in [4.69, 9.17) is 9.47 Å². The van der Waals surface area contributed by atoms with Crippen LogP contribution in [0.15, 0.2) is 12.2 Å². The molecule has 0 aromatic rings. The average Bonchev–Trinajstić information content (AvgIpc) is 2.81. The summed E-state index contributed by atoms with van der Waals surface area (Å²) in [6.45, 7) is 3.98. The van der Waals surface area contributed by atoms with Crippen LogP contribution in [-0.2, 0) is 29.2 Å². The van der Waals surface area contributed by atoms with Gasteiger partial charge in [0.25, 0.3) is 0 Å². The first-order valence-corrected chi connectivity index (χ1v) is 15.2. The number of allylic oxidation sites excluding steroid dienone is 1. The van der Waals surface area contributed by atoms with Gasteiger partial charge in [-0.2, -0.15) is 0 Å². The van der Waals surface area contributed by atoms with Gasteiger partial charge >= 0.3 is 41.5 Å². The summed E-state index contributed by atoms with van der Waals surface area (Å²) in [5.74, 6) is -2.11. The number of ether oxygens (including phenoxy) is 2. The Hall–Kier alpha value is -0.410. The minimum atomic E-state index is -5.01. The standard InChI is InChI=1S/C27H50O7S.Na/c1-3-5-7-8-9-10-11-12-13-14-15-16-17-18-19-20-21-23-34-27(29)25(35(30,31)32)24-26(28)33-22-6-4-2;/h4,6,25H,3,5,7-24H2,1-2H3,(H,30,31,32);/q;+1/p-1/b6-4+;. The minimum absolute atomic E-state index is 0. The second kappa shape index (κ2) is 26.2. The number of carbonyl (C=O) groups excluding carboxylic acids is 2. The van der Waals surface area contributed by atoms with Gasteiger partial charge in [-0.25, -0.2) is 8.42 Å². The van der Waals surface area contributed by atoms with Crippen molar-refractivity contribution in [2.75, 3.05) is 13.2 Å². The summed E-state index contributed by atoms with van der Waals surface area (Å²) in [6, 6.07) is 0. The predicted molar refractivity (Wildman–Crippen MR) is 139 cm³/mol. The summed E-state index contributed by atoms with van der Waals surface area (Å²) in [6.07, 6.45) is 23.4. The average molecular weight is 541 g/mol. The number of esters is 2. The fourth-order valence-corrected chi connectivity index (χ4v) is 4.49. The van der Waals surface area contributed by atoms with Crippen molar-refractivity contribution in [3.05, 3.63) is 12.2 Å². The molecule has 36 heavy (non-hydrogen) atoms. The molecule has 0 spiro atoms. The third-order valence-corrected chi connectivity index (χ3v) is 7.09. The molecule has 1 atom stereocenters. The molecule has 0 aliphatic heterocycles. The molecule has 0 radical (unpaired) electrons. The zero-order chi connectivity index (χ0) is 26.2. The molecule has 9 heteroatoms. The zero-order valence-corrected chi connectivity index (χ0v) is 26.0. The first-order valence-electron chi connectivity index (χ1n) is 13.7. The van der Waals surface area contributed by atoms with E-state index in [0.717, 1.165) is 19.3 Å². The van der Waals surface area contributed by atoms with Crippen LogP contribution in [0.5, 0.6) is 0 Å². The maximum absolute atomic E-state index is 12.0. The van der Waals surface area contributed by atoms with E-state index in [1.165, 1.54) is 83.5 Å². The number of hydrogen-bond donors (Lipinski definition) is 0. The second-order valence-electron chi connectivity index (χ2n) is 9.26. The molecule has 0 saturated carbocycles. The molecule has 7 nitrogen and oxygen atoms in total. The Bertz CT molecular complexity index is 665. The predicted octanol–water partition coefficient (Wildman–Crippen LogP) is 3.61. The molecular weight excluding hydrogens is 491 g/mol. The first kappa shape index (κ1) is 37.7. The molecule has 0 amide bonds. The van der Waals surface area contributed by atoms with Crippen LogP contribution in [-0.4, -0.2) is 43.4 Å². The molecule has 1 unspecified atom stereocenters. The van der Waals surface area contributed by atoms with Gasteiger partial charge in [0, 0.05) is 0 Å². The molecular formula is C27H49NaO7S. The van der Waals surface area contributed by atoms with E-state index in [9.17, 15) is 22.6 Å². The fraction of sp³-hybridized carbons (Fsp3) is 0.852. The Morgan fingerprint density at radius 2 is 1.17 bits per heavy atom. The summed E-state index contributed by atoms with van der Waals surface area (Å²) in [4.78, 5) is 23.7. The molecule has 0 aliphatic carbocycles. The van der Waals surface area contributed by atoms with Crippen molar-refractivity contribution < 1.29 is 61.6 Å². The fourth-order valence-electron chi connectivity index (χ4n) is 3.84. The maximum atomic E-state index is 12.0. The Kier molecular flexibility index (Phi) is 27.5. The van der Waals surface area contributed by atoms with Gasteiger partial charge in [0.05, 0.1) is 13.0 Å². The second-order valence-corrected chi connectivity index (χ2v) is 10.8. The van der Waals surface area contributed by atoms with Crippen LogP contribution in [0.2, 0.25) is 0 Å². The van der Waals surface area contributed by atoms with Crippen molar-refractivity contribution in [1.82, 2.24) is 0 Å². The van der Waals surface area contributed by atoms with Gasteiger partial charge in [-0.05, 0) is 13.3 Å². The Labute approximate surface area is 242 Å². The molecule has 0 bridgehead atoms. The van der Waals surface area contributed by atoms with Gasteiger partial charge in [-0.1, -0.05) is 122 Å². The van der Waals surface area contributed by atoms with Crippen molar-refractivity contribution in [3.63, 3.8) is 0 Å². The van der Waals surface area contributed by atoms with Crippen molar-refractivity contribution in [2.45, 2.75) is 135 Å². The van der Waals surface area contributed by atoms with Crippen LogP contribution >= 0.6 is 0 Å². The largest absolute Gasteiger partial charge is 1.00 e. The van der Waals surface area contributed by atoms with Gasteiger partial charge in [-0.15, -0.1) is 0 Å². The van der Waals surface area contributed by atoms with E-state index in [1.807, 2.05) is 0 Å². The van der Waals surface area contributed by atoms with Crippen LogP contribution < -0.4 is 29.6 Å². The normalized spacial score (nSPS) is 12.3. The van der Waals surface area contributed by atoms with Gasteiger partial charge in [0.2, 0.25) is 0 Å². The molecule has 206 valence electrons. The Morgan fingerprint density at radius 3 is 1.56 bits per heavy atom. The number of hydrogen-bond acceptors (Lipinski definition) is 7. The summed E-state index contributed by atoms with van der Waals surface area (Å²) in [7, 11) is -5.01. The molecule has 0 aliphatic rings. The summed E-state index contributed by atoms with van der Waals surface area (Å²) >= 11 is 0. The zero-order valence-electron chi connectivity index (χ0n) is 23.1. The van der Waals surface area contributed by atoms with Crippen molar-refractivity contribution in [2.24, 2.45) is 0 Å². The smallest absolute Gasteiger partial charge is 0.747 e.